The van der Waals surface area contributed by atoms with E-state index in [-0.39, 0.29) is 10.6 Å². The Kier molecular flexibility index (Phi) is 6.20. The third-order valence-corrected chi connectivity index (χ3v) is 3.90. The van der Waals surface area contributed by atoms with Gasteiger partial charge in [0.25, 0.3) is 0 Å². The molecule has 1 unspecified atom stereocenters. The molecule has 0 aliphatic heterocycles. The molecule has 0 spiro atoms. The molecule has 3 heteroatoms. The Bertz CT molecular complexity index is 600. The van der Waals surface area contributed by atoms with Crippen LogP contribution < -0.4 is 4.74 Å². The van der Waals surface area contributed by atoms with E-state index in [1.54, 1.807) is 0 Å². The summed E-state index contributed by atoms with van der Waals surface area (Å²) < 4.78 is 5.66. The van der Waals surface area contributed by atoms with Crippen molar-refractivity contribution in [2.45, 2.75) is 31.5 Å². The minimum atomic E-state index is -0.155. The van der Waals surface area contributed by atoms with Gasteiger partial charge in [0.1, 0.15) is 5.75 Å². The minimum absolute atomic E-state index is 0.103. The molecule has 2 aromatic carbocycles. The van der Waals surface area contributed by atoms with Crippen LogP contribution in [-0.2, 0) is 0 Å². The van der Waals surface area contributed by atoms with E-state index in [1.165, 1.54) is 0 Å². The molecule has 2 rings (SSSR count). The maximum Gasteiger partial charge on any atom is 0.176 e. The molecule has 2 nitrogen and oxygen atoms in total. The van der Waals surface area contributed by atoms with E-state index in [9.17, 15) is 4.79 Å². The summed E-state index contributed by atoms with van der Waals surface area (Å²) in [4.78, 5) is 11.7. The van der Waals surface area contributed by atoms with E-state index >= 15 is 0 Å². The summed E-state index contributed by atoms with van der Waals surface area (Å²) in [5.74, 6) is 1.00. The third-order valence-electron chi connectivity index (χ3n) is 3.48. The first-order chi connectivity index (χ1) is 10.6. The lowest BCUT2D eigenvalue weighted by Crippen LogP contribution is -2.09. The molecule has 116 valence electrons. The highest BCUT2D eigenvalue weighted by atomic mass is 79.9. The van der Waals surface area contributed by atoms with Crippen molar-refractivity contribution in [1.29, 1.82) is 0 Å². The van der Waals surface area contributed by atoms with Gasteiger partial charge in [-0.15, -0.1) is 0 Å². The van der Waals surface area contributed by atoms with Gasteiger partial charge in [-0.1, -0.05) is 65.7 Å². The molecular weight excluding hydrogens is 340 g/mol. The number of ketones is 1. The van der Waals surface area contributed by atoms with Gasteiger partial charge in [0.05, 0.1) is 11.4 Å². The molecule has 0 radical (unpaired) electrons. The van der Waals surface area contributed by atoms with Crippen molar-refractivity contribution in [1.82, 2.24) is 0 Å². The molecule has 0 aromatic heterocycles. The van der Waals surface area contributed by atoms with Gasteiger partial charge in [0, 0.05) is 5.56 Å². The smallest absolute Gasteiger partial charge is 0.176 e. The van der Waals surface area contributed by atoms with Crippen LogP contribution >= 0.6 is 15.9 Å². The van der Waals surface area contributed by atoms with E-state index in [2.05, 4.69) is 22.9 Å². The Morgan fingerprint density at radius 1 is 1.05 bits per heavy atom. The number of rotatable bonds is 7. The van der Waals surface area contributed by atoms with Crippen molar-refractivity contribution in [3.8, 4) is 16.9 Å². The van der Waals surface area contributed by atoms with Crippen LogP contribution in [-0.4, -0.2) is 17.2 Å². The van der Waals surface area contributed by atoms with Gasteiger partial charge in [-0.05, 0) is 36.6 Å². The minimum Gasteiger partial charge on any atom is -0.494 e. The van der Waals surface area contributed by atoms with Crippen LogP contribution in [0.4, 0.5) is 0 Å². The Morgan fingerprint density at radius 3 is 2.09 bits per heavy atom. The number of unbranched alkanes of at least 4 members (excludes halogenated alkanes) is 1. The fraction of sp³-hybridized carbons (Fsp3) is 0.316. The van der Waals surface area contributed by atoms with Crippen LogP contribution in [0.5, 0.6) is 5.75 Å². The second-order valence-electron chi connectivity index (χ2n) is 5.28. The molecule has 0 fully saturated rings. The number of Topliss-reactive ketones (excluding diaryl/α,β-unsaturated/α-hetero) is 1. The zero-order valence-electron chi connectivity index (χ0n) is 13.0. The topological polar surface area (TPSA) is 26.3 Å². The molecule has 0 N–H and O–H groups in total. The van der Waals surface area contributed by atoms with Crippen molar-refractivity contribution in [2.24, 2.45) is 0 Å². The highest BCUT2D eigenvalue weighted by molar-refractivity contribution is 9.10. The first kappa shape index (κ1) is 16.8. The molecule has 0 amide bonds. The lowest BCUT2D eigenvalue weighted by atomic mass is 10.0. The maximum atomic E-state index is 11.9. The fourth-order valence-corrected chi connectivity index (χ4v) is 2.40. The summed E-state index contributed by atoms with van der Waals surface area (Å²) in [6, 6.07) is 15.8. The van der Waals surface area contributed by atoms with Gasteiger partial charge in [-0.3, -0.25) is 4.79 Å². The maximum absolute atomic E-state index is 11.9. The molecule has 1 atom stereocenters. The van der Waals surface area contributed by atoms with Gasteiger partial charge in [0.15, 0.2) is 5.78 Å². The Labute approximate surface area is 140 Å². The zero-order chi connectivity index (χ0) is 15.9. The van der Waals surface area contributed by atoms with Crippen LogP contribution in [0, 0.1) is 0 Å². The SMILES string of the molecule is CCCCOc1ccc(-c2ccc(C(=O)C(C)Br)cc2)cc1. The van der Waals surface area contributed by atoms with E-state index in [0.717, 1.165) is 41.9 Å². The average Bonchev–Trinajstić information content (AvgIpc) is 2.55. The first-order valence-electron chi connectivity index (χ1n) is 7.63. The summed E-state index contributed by atoms with van der Waals surface area (Å²) in [5, 5.41) is 0. The zero-order valence-corrected chi connectivity index (χ0v) is 14.6. The second kappa shape index (κ2) is 8.14. The van der Waals surface area contributed by atoms with Crippen LogP contribution in [0.3, 0.4) is 0 Å². The van der Waals surface area contributed by atoms with Crippen LogP contribution in [0.15, 0.2) is 48.5 Å². The molecule has 0 bridgehead atoms. The quantitative estimate of drug-likeness (QED) is 0.370. The highest BCUT2D eigenvalue weighted by Crippen LogP contribution is 2.23. The van der Waals surface area contributed by atoms with Gasteiger partial charge in [0.2, 0.25) is 0 Å². The molecule has 2 aromatic rings. The normalized spacial score (nSPS) is 12.0. The molecular formula is C19H21BrO2. The molecule has 0 aliphatic rings. The fourth-order valence-electron chi connectivity index (χ4n) is 2.13. The number of carbonyl (C=O) groups excluding carboxylic acids is 1. The largest absolute Gasteiger partial charge is 0.494 e. The average molecular weight is 361 g/mol. The summed E-state index contributed by atoms with van der Waals surface area (Å²) >= 11 is 3.31. The Morgan fingerprint density at radius 2 is 1.59 bits per heavy atom. The monoisotopic (exact) mass is 360 g/mol. The summed E-state index contributed by atoms with van der Waals surface area (Å²) in [6.07, 6.45) is 2.21. The summed E-state index contributed by atoms with van der Waals surface area (Å²) in [7, 11) is 0. The van der Waals surface area contributed by atoms with Gasteiger partial charge >= 0.3 is 0 Å². The van der Waals surface area contributed by atoms with Crippen molar-refractivity contribution >= 4 is 21.7 Å². The summed E-state index contributed by atoms with van der Waals surface area (Å²) in [5.41, 5.74) is 2.94. The van der Waals surface area contributed by atoms with E-state index in [1.807, 2.05) is 55.5 Å². The first-order valence-corrected chi connectivity index (χ1v) is 8.55. The molecule has 0 saturated heterocycles. The number of alkyl halides is 1. The van der Waals surface area contributed by atoms with Crippen LogP contribution in [0.1, 0.15) is 37.0 Å². The molecule has 22 heavy (non-hydrogen) atoms. The Hall–Kier alpha value is -1.61. The lowest BCUT2D eigenvalue weighted by molar-refractivity contribution is 0.0996. The van der Waals surface area contributed by atoms with Crippen LogP contribution in [0.2, 0.25) is 0 Å². The van der Waals surface area contributed by atoms with Gasteiger partial charge < -0.3 is 4.74 Å². The van der Waals surface area contributed by atoms with Crippen molar-refractivity contribution in [2.75, 3.05) is 6.61 Å². The number of ether oxygens (including phenoxy) is 1. The standard InChI is InChI=1S/C19H21BrO2/c1-3-4-13-22-18-11-9-16(10-12-18)15-5-7-17(8-6-15)19(21)14(2)20/h5-12,14H,3-4,13H2,1-2H3. The number of hydrogen-bond acceptors (Lipinski definition) is 2. The predicted molar refractivity (Wildman–Crippen MR) is 95.0 cm³/mol. The number of carbonyl (C=O) groups is 1. The number of hydrogen-bond donors (Lipinski definition) is 0. The highest BCUT2D eigenvalue weighted by Gasteiger charge is 2.11. The van der Waals surface area contributed by atoms with Gasteiger partial charge in [-0.25, -0.2) is 0 Å². The number of benzene rings is 2. The Balaban J connectivity index is 2.07. The van der Waals surface area contributed by atoms with E-state index in [0.29, 0.717) is 0 Å². The van der Waals surface area contributed by atoms with Crippen molar-refractivity contribution < 1.29 is 9.53 Å². The predicted octanol–water partition coefficient (Wildman–Crippen LogP) is 5.50. The molecule has 0 saturated carbocycles. The van der Waals surface area contributed by atoms with Crippen LogP contribution in [0.25, 0.3) is 11.1 Å². The third kappa shape index (κ3) is 4.44. The molecule has 0 heterocycles. The molecule has 0 aliphatic carbocycles. The summed E-state index contributed by atoms with van der Waals surface area (Å²) in [6.45, 7) is 4.75. The lowest BCUT2D eigenvalue weighted by Gasteiger charge is -2.08. The van der Waals surface area contributed by atoms with Crippen molar-refractivity contribution in [3.05, 3.63) is 54.1 Å². The van der Waals surface area contributed by atoms with E-state index in [4.69, 9.17) is 4.74 Å². The second-order valence-corrected chi connectivity index (χ2v) is 6.66. The van der Waals surface area contributed by atoms with E-state index < -0.39 is 0 Å². The van der Waals surface area contributed by atoms with Gasteiger partial charge in [-0.2, -0.15) is 0 Å². The number of halogens is 1. The van der Waals surface area contributed by atoms with Crippen molar-refractivity contribution in [3.63, 3.8) is 0 Å².